The molecule has 1 aromatic carbocycles. The van der Waals surface area contributed by atoms with Gasteiger partial charge in [0.2, 0.25) is 0 Å². The SMILES string of the molecule is OC(c1ccccc1)C1CCN(CC2OCCO2)CC1. The van der Waals surface area contributed by atoms with E-state index >= 15 is 0 Å². The highest BCUT2D eigenvalue weighted by Gasteiger charge is 2.28. The molecule has 1 aromatic rings. The molecule has 0 saturated carbocycles. The number of likely N-dealkylation sites (tertiary alicyclic amines) is 1. The summed E-state index contributed by atoms with van der Waals surface area (Å²) in [6, 6.07) is 9.99. The van der Waals surface area contributed by atoms with Crippen LogP contribution in [0.3, 0.4) is 0 Å². The fourth-order valence-electron chi connectivity index (χ4n) is 3.10. The molecule has 1 atom stereocenters. The van der Waals surface area contributed by atoms with Gasteiger partial charge in [-0.1, -0.05) is 30.3 Å². The molecule has 4 heteroatoms. The van der Waals surface area contributed by atoms with Gasteiger partial charge in [0.05, 0.1) is 19.3 Å². The van der Waals surface area contributed by atoms with E-state index in [1.165, 1.54) is 0 Å². The van der Waals surface area contributed by atoms with Crippen LogP contribution in [0, 0.1) is 5.92 Å². The van der Waals surface area contributed by atoms with E-state index in [9.17, 15) is 5.11 Å². The standard InChI is InChI=1S/C16H23NO3/c18-16(13-4-2-1-3-5-13)14-6-8-17(9-7-14)12-15-19-10-11-20-15/h1-5,14-16,18H,6-12H2. The molecule has 1 N–H and O–H groups in total. The van der Waals surface area contributed by atoms with E-state index in [0.29, 0.717) is 19.1 Å². The molecule has 2 fully saturated rings. The minimum Gasteiger partial charge on any atom is -0.388 e. The first kappa shape index (κ1) is 14.0. The fraction of sp³-hybridized carbons (Fsp3) is 0.625. The topological polar surface area (TPSA) is 41.9 Å². The van der Waals surface area contributed by atoms with Gasteiger partial charge < -0.3 is 14.6 Å². The molecule has 0 aromatic heterocycles. The van der Waals surface area contributed by atoms with Crippen molar-refractivity contribution >= 4 is 0 Å². The summed E-state index contributed by atoms with van der Waals surface area (Å²) in [6.45, 7) is 4.31. The highest BCUT2D eigenvalue weighted by Crippen LogP contribution is 2.30. The van der Waals surface area contributed by atoms with Crippen molar-refractivity contribution in [2.75, 3.05) is 32.8 Å². The van der Waals surface area contributed by atoms with Gasteiger partial charge in [-0.25, -0.2) is 0 Å². The second-order valence-electron chi connectivity index (χ2n) is 5.66. The summed E-state index contributed by atoms with van der Waals surface area (Å²) >= 11 is 0. The second kappa shape index (κ2) is 6.68. The number of aliphatic hydroxyl groups is 1. The Bertz CT molecular complexity index is 397. The lowest BCUT2D eigenvalue weighted by Crippen LogP contribution is -2.40. The quantitative estimate of drug-likeness (QED) is 0.911. The van der Waals surface area contributed by atoms with Crippen molar-refractivity contribution in [3.05, 3.63) is 35.9 Å². The smallest absolute Gasteiger partial charge is 0.170 e. The summed E-state index contributed by atoms with van der Waals surface area (Å²) in [5.74, 6) is 0.360. The van der Waals surface area contributed by atoms with Crippen LogP contribution in [0.5, 0.6) is 0 Å². The lowest BCUT2D eigenvalue weighted by molar-refractivity contribution is -0.0689. The van der Waals surface area contributed by atoms with Crippen molar-refractivity contribution in [2.45, 2.75) is 25.2 Å². The summed E-state index contributed by atoms with van der Waals surface area (Å²) in [5.41, 5.74) is 1.04. The van der Waals surface area contributed by atoms with Gasteiger partial charge in [0.25, 0.3) is 0 Å². The Labute approximate surface area is 120 Å². The zero-order chi connectivity index (χ0) is 13.8. The maximum atomic E-state index is 10.4. The average molecular weight is 277 g/mol. The van der Waals surface area contributed by atoms with Crippen LogP contribution in [-0.2, 0) is 9.47 Å². The third-order valence-electron chi connectivity index (χ3n) is 4.32. The first-order valence-electron chi connectivity index (χ1n) is 7.51. The Balaban J connectivity index is 1.48. The zero-order valence-corrected chi connectivity index (χ0v) is 11.8. The van der Waals surface area contributed by atoms with Gasteiger partial charge in [-0.15, -0.1) is 0 Å². The van der Waals surface area contributed by atoms with E-state index in [4.69, 9.17) is 9.47 Å². The van der Waals surface area contributed by atoms with Crippen LogP contribution >= 0.6 is 0 Å². The molecule has 0 spiro atoms. The van der Waals surface area contributed by atoms with E-state index in [2.05, 4.69) is 4.90 Å². The van der Waals surface area contributed by atoms with Crippen LogP contribution in [0.4, 0.5) is 0 Å². The number of nitrogens with zero attached hydrogens (tertiary/aromatic N) is 1. The van der Waals surface area contributed by atoms with Gasteiger partial charge >= 0.3 is 0 Å². The number of hydrogen-bond donors (Lipinski definition) is 1. The molecule has 2 aliphatic heterocycles. The van der Waals surface area contributed by atoms with E-state index < -0.39 is 0 Å². The molecule has 2 saturated heterocycles. The Kier molecular flexibility index (Phi) is 4.68. The minimum atomic E-state index is -0.336. The molecule has 0 aliphatic carbocycles. The average Bonchev–Trinajstić information content (AvgIpc) is 3.01. The van der Waals surface area contributed by atoms with Crippen molar-refractivity contribution in [1.82, 2.24) is 4.90 Å². The van der Waals surface area contributed by atoms with Crippen molar-refractivity contribution in [3.63, 3.8) is 0 Å². The van der Waals surface area contributed by atoms with Crippen LogP contribution in [-0.4, -0.2) is 49.1 Å². The van der Waals surface area contributed by atoms with Gasteiger partial charge in [0, 0.05) is 6.54 Å². The third kappa shape index (κ3) is 3.38. The van der Waals surface area contributed by atoms with Gasteiger partial charge in [0.15, 0.2) is 6.29 Å². The van der Waals surface area contributed by atoms with Gasteiger partial charge in [-0.05, 0) is 37.4 Å². The van der Waals surface area contributed by atoms with Crippen molar-refractivity contribution in [1.29, 1.82) is 0 Å². The lowest BCUT2D eigenvalue weighted by atomic mass is 9.87. The lowest BCUT2D eigenvalue weighted by Gasteiger charge is -2.35. The van der Waals surface area contributed by atoms with Crippen LogP contribution in [0.15, 0.2) is 30.3 Å². The van der Waals surface area contributed by atoms with Crippen molar-refractivity contribution in [2.24, 2.45) is 5.92 Å². The maximum Gasteiger partial charge on any atom is 0.170 e. The summed E-state index contributed by atoms with van der Waals surface area (Å²) in [6.07, 6.45) is 1.67. The molecule has 4 nitrogen and oxygen atoms in total. The van der Waals surface area contributed by atoms with Crippen molar-refractivity contribution < 1.29 is 14.6 Å². The molecule has 3 rings (SSSR count). The Morgan fingerprint density at radius 2 is 1.75 bits per heavy atom. The number of hydrogen-bond acceptors (Lipinski definition) is 4. The highest BCUT2D eigenvalue weighted by molar-refractivity contribution is 5.18. The molecular weight excluding hydrogens is 254 g/mol. The van der Waals surface area contributed by atoms with Gasteiger partial charge in [-0.2, -0.15) is 0 Å². The summed E-state index contributed by atoms with van der Waals surface area (Å²) in [4.78, 5) is 2.38. The number of benzene rings is 1. The predicted octanol–water partition coefficient (Wildman–Crippen LogP) is 1.80. The highest BCUT2D eigenvalue weighted by atomic mass is 16.7. The van der Waals surface area contributed by atoms with E-state index in [0.717, 1.165) is 38.0 Å². The third-order valence-corrected chi connectivity index (χ3v) is 4.32. The maximum absolute atomic E-state index is 10.4. The minimum absolute atomic E-state index is 0.0504. The van der Waals surface area contributed by atoms with Crippen LogP contribution < -0.4 is 0 Å². The number of aliphatic hydroxyl groups excluding tert-OH is 1. The number of piperidine rings is 1. The molecule has 0 bridgehead atoms. The largest absolute Gasteiger partial charge is 0.388 e. The first-order valence-corrected chi connectivity index (χ1v) is 7.51. The van der Waals surface area contributed by atoms with Crippen LogP contribution in [0.25, 0.3) is 0 Å². The molecule has 0 radical (unpaired) electrons. The Morgan fingerprint density at radius 3 is 2.40 bits per heavy atom. The first-order chi connectivity index (χ1) is 9.83. The second-order valence-corrected chi connectivity index (χ2v) is 5.66. The van der Waals surface area contributed by atoms with Crippen LogP contribution in [0.1, 0.15) is 24.5 Å². The molecule has 1 unspecified atom stereocenters. The zero-order valence-electron chi connectivity index (χ0n) is 11.8. The number of ether oxygens (including phenoxy) is 2. The number of rotatable bonds is 4. The summed E-state index contributed by atoms with van der Waals surface area (Å²) in [5, 5.41) is 10.4. The van der Waals surface area contributed by atoms with Crippen LogP contribution in [0.2, 0.25) is 0 Å². The molecular formula is C16H23NO3. The van der Waals surface area contributed by atoms with Gasteiger partial charge in [-0.3, -0.25) is 4.90 Å². The monoisotopic (exact) mass is 277 g/mol. The Morgan fingerprint density at radius 1 is 1.10 bits per heavy atom. The summed E-state index contributed by atoms with van der Waals surface area (Å²) in [7, 11) is 0. The Hall–Kier alpha value is -0.940. The fourth-order valence-corrected chi connectivity index (χ4v) is 3.10. The normalized spacial score (nSPS) is 24.1. The van der Waals surface area contributed by atoms with Gasteiger partial charge in [0.1, 0.15) is 0 Å². The molecule has 2 heterocycles. The molecule has 0 amide bonds. The predicted molar refractivity (Wildman–Crippen MR) is 76.3 cm³/mol. The molecule has 20 heavy (non-hydrogen) atoms. The van der Waals surface area contributed by atoms with Crippen molar-refractivity contribution in [3.8, 4) is 0 Å². The van der Waals surface area contributed by atoms with E-state index in [1.807, 2.05) is 30.3 Å². The molecule has 2 aliphatic rings. The summed E-state index contributed by atoms with van der Waals surface area (Å²) < 4.78 is 11.0. The van der Waals surface area contributed by atoms with E-state index in [1.54, 1.807) is 0 Å². The molecule has 110 valence electrons. The van der Waals surface area contributed by atoms with E-state index in [-0.39, 0.29) is 12.4 Å².